The van der Waals surface area contributed by atoms with Gasteiger partial charge in [-0.15, -0.1) is 11.3 Å². The average molecular weight is 315 g/mol. The predicted octanol–water partition coefficient (Wildman–Crippen LogP) is 3.84. The molecule has 0 spiro atoms. The standard InChI is InChI=1S/C13H12F3N3OS/c1-9-7-21-12(18-9)19-17-6-10-2-4-11(5-3-10)20-8-13(14,15)16/h2-7H,8H2,1H3,(H,18,19). The van der Waals surface area contributed by atoms with E-state index < -0.39 is 12.8 Å². The van der Waals surface area contributed by atoms with Gasteiger partial charge in [-0.2, -0.15) is 18.3 Å². The van der Waals surface area contributed by atoms with Crippen LogP contribution in [-0.4, -0.2) is 24.0 Å². The van der Waals surface area contributed by atoms with Gasteiger partial charge in [0.15, 0.2) is 6.61 Å². The number of nitrogens with zero attached hydrogens (tertiary/aromatic N) is 2. The fraction of sp³-hybridized carbons (Fsp3) is 0.231. The molecule has 0 saturated heterocycles. The molecule has 112 valence electrons. The van der Waals surface area contributed by atoms with Gasteiger partial charge in [-0.25, -0.2) is 4.98 Å². The summed E-state index contributed by atoms with van der Waals surface area (Å²) in [5.41, 5.74) is 4.41. The molecule has 0 amide bonds. The molecule has 1 aromatic heterocycles. The van der Waals surface area contributed by atoms with E-state index in [2.05, 4.69) is 20.2 Å². The van der Waals surface area contributed by atoms with Crippen molar-refractivity contribution >= 4 is 22.7 Å². The van der Waals surface area contributed by atoms with Crippen LogP contribution in [0.25, 0.3) is 0 Å². The molecule has 0 bridgehead atoms. The van der Waals surface area contributed by atoms with Crippen molar-refractivity contribution in [3.8, 4) is 5.75 Å². The van der Waals surface area contributed by atoms with Gasteiger partial charge in [0.1, 0.15) is 5.75 Å². The van der Waals surface area contributed by atoms with Crippen molar-refractivity contribution in [2.75, 3.05) is 12.0 Å². The molecular weight excluding hydrogens is 303 g/mol. The van der Waals surface area contributed by atoms with Crippen molar-refractivity contribution < 1.29 is 17.9 Å². The first kappa shape index (κ1) is 15.3. The molecular formula is C13H12F3N3OS. The van der Waals surface area contributed by atoms with Gasteiger partial charge in [0.2, 0.25) is 5.13 Å². The third-order valence-corrected chi connectivity index (χ3v) is 3.14. The van der Waals surface area contributed by atoms with Crippen LogP contribution in [0.1, 0.15) is 11.3 Å². The van der Waals surface area contributed by atoms with Crippen LogP contribution in [0.2, 0.25) is 0 Å². The molecule has 0 aliphatic heterocycles. The molecule has 1 aromatic carbocycles. The molecule has 4 nitrogen and oxygen atoms in total. The molecule has 0 unspecified atom stereocenters. The Morgan fingerprint density at radius 3 is 2.62 bits per heavy atom. The van der Waals surface area contributed by atoms with E-state index >= 15 is 0 Å². The van der Waals surface area contributed by atoms with E-state index in [1.54, 1.807) is 18.3 Å². The Hall–Kier alpha value is -2.09. The number of ether oxygens (including phenoxy) is 1. The predicted molar refractivity (Wildman–Crippen MR) is 76.1 cm³/mol. The maximum atomic E-state index is 12.0. The lowest BCUT2D eigenvalue weighted by atomic mass is 10.2. The summed E-state index contributed by atoms with van der Waals surface area (Å²) in [4.78, 5) is 4.17. The molecule has 8 heteroatoms. The summed E-state index contributed by atoms with van der Waals surface area (Å²) in [5, 5.41) is 6.56. The van der Waals surface area contributed by atoms with Crippen molar-refractivity contribution in [2.45, 2.75) is 13.1 Å². The number of rotatable bonds is 5. The van der Waals surface area contributed by atoms with Crippen molar-refractivity contribution in [3.05, 3.63) is 40.9 Å². The normalized spacial score (nSPS) is 11.8. The monoisotopic (exact) mass is 315 g/mol. The van der Waals surface area contributed by atoms with E-state index in [1.807, 2.05) is 12.3 Å². The van der Waals surface area contributed by atoms with Gasteiger partial charge in [-0.1, -0.05) is 0 Å². The quantitative estimate of drug-likeness (QED) is 0.673. The van der Waals surface area contributed by atoms with E-state index in [1.165, 1.54) is 23.5 Å². The minimum absolute atomic E-state index is 0.160. The average Bonchev–Trinajstić information content (AvgIpc) is 2.83. The number of nitrogens with one attached hydrogen (secondary N) is 1. The molecule has 1 heterocycles. The number of halogens is 3. The number of anilines is 1. The van der Waals surface area contributed by atoms with Gasteiger partial charge in [0.25, 0.3) is 0 Å². The first-order valence-corrected chi connectivity index (χ1v) is 6.81. The van der Waals surface area contributed by atoms with Gasteiger partial charge in [-0.3, -0.25) is 5.43 Å². The van der Waals surface area contributed by atoms with E-state index in [4.69, 9.17) is 0 Å². The van der Waals surface area contributed by atoms with Crippen LogP contribution in [0.5, 0.6) is 5.75 Å². The number of alkyl halides is 3. The molecule has 0 aliphatic carbocycles. The number of aromatic nitrogens is 1. The first-order chi connectivity index (χ1) is 9.92. The smallest absolute Gasteiger partial charge is 0.422 e. The third kappa shape index (κ3) is 5.42. The minimum Gasteiger partial charge on any atom is -0.484 e. The van der Waals surface area contributed by atoms with Crippen LogP contribution >= 0.6 is 11.3 Å². The lowest BCUT2D eigenvalue weighted by Crippen LogP contribution is -2.19. The van der Waals surface area contributed by atoms with E-state index in [9.17, 15) is 13.2 Å². The molecule has 2 rings (SSSR count). The van der Waals surface area contributed by atoms with Crippen molar-refractivity contribution in [1.82, 2.24) is 4.98 Å². The number of thiazole rings is 1. The van der Waals surface area contributed by atoms with Crippen LogP contribution in [0.4, 0.5) is 18.3 Å². The summed E-state index contributed by atoms with van der Waals surface area (Å²) in [6, 6.07) is 6.15. The zero-order chi connectivity index (χ0) is 15.3. The molecule has 0 aliphatic rings. The Bertz CT molecular complexity index is 608. The van der Waals surface area contributed by atoms with Gasteiger partial charge in [0.05, 0.1) is 11.9 Å². The Morgan fingerprint density at radius 2 is 2.05 bits per heavy atom. The van der Waals surface area contributed by atoms with Crippen LogP contribution in [0.15, 0.2) is 34.7 Å². The summed E-state index contributed by atoms with van der Waals surface area (Å²) in [6.45, 7) is 0.580. The molecule has 0 saturated carbocycles. The van der Waals surface area contributed by atoms with E-state index in [0.717, 1.165) is 11.3 Å². The lowest BCUT2D eigenvalue weighted by molar-refractivity contribution is -0.153. The minimum atomic E-state index is -4.34. The highest BCUT2D eigenvalue weighted by molar-refractivity contribution is 7.13. The maximum absolute atomic E-state index is 12.0. The highest BCUT2D eigenvalue weighted by Crippen LogP contribution is 2.18. The molecule has 2 aromatic rings. The van der Waals surface area contributed by atoms with Crippen LogP contribution < -0.4 is 10.2 Å². The van der Waals surface area contributed by atoms with Crippen molar-refractivity contribution in [1.29, 1.82) is 0 Å². The van der Waals surface area contributed by atoms with Crippen LogP contribution in [0, 0.1) is 6.92 Å². The number of benzene rings is 1. The summed E-state index contributed by atoms with van der Waals surface area (Å²) in [7, 11) is 0. The molecule has 0 radical (unpaired) electrons. The van der Waals surface area contributed by atoms with Gasteiger partial charge in [-0.05, 0) is 36.8 Å². The Labute approximate surface area is 123 Å². The SMILES string of the molecule is Cc1csc(NN=Cc2ccc(OCC(F)(F)F)cc2)n1. The Morgan fingerprint density at radius 1 is 1.33 bits per heavy atom. The Balaban J connectivity index is 1.87. The highest BCUT2D eigenvalue weighted by Gasteiger charge is 2.28. The molecule has 0 atom stereocenters. The van der Waals surface area contributed by atoms with E-state index in [-0.39, 0.29) is 5.75 Å². The molecule has 0 fully saturated rings. The van der Waals surface area contributed by atoms with E-state index in [0.29, 0.717) is 5.13 Å². The fourth-order valence-corrected chi connectivity index (χ4v) is 2.02. The fourth-order valence-electron chi connectivity index (χ4n) is 1.38. The lowest BCUT2D eigenvalue weighted by Gasteiger charge is -2.08. The van der Waals surface area contributed by atoms with Gasteiger partial charge < -0.3 is 4.74 Å². The van der Waals surface area contributed by atoms with Crippen molar-refractivity contribution in [3.63, 3.8) is 0 Å². The number of aryl methyl sites for hydroxylation is 1. The summed E-state index contributed by atoms with van der Waals surface area (Å²) in [5.74, 6) is 0.160. The highest BCUT2D eigenvalue weighted by atomic mass is 32.1. The summed E-state index contributed by atoms with van der Waals surface area (Å²) < 4.78 is 40.6. The number of hydrogen-bond donors (Lipinski definition) is 1. The van der Waals surface area contributed by atoms with Crippen LogP contribution in [0.3, 0.4) is 0 Å². The molecule has 1 N–H and O–H groups in total. The number of hydrogen-bond acceptors (Lipinski definition) is 5. The third-order valence-electron chi connectivity index (χ3n) is 2.28. The number of hydrazone groups is 1. The largest absolute Gasteiger partial charge is 0.484 e. The topological polar surface area (TPSA) is 46.5 Å². The zero-order valence-electron chi connectivity index (χ0n) is 11.0. The molecule has 21 heavy (non-hydrogen) atoms. The maximum Gasteiger partial charge on any atom is 0.422 e. The second-order valence-electron chi connectivity index (χ2n) is 4.14. The second-order valence-corrected chi connectivity index (χ2v) is 5.00. The summed E-state index contributed by atoms with van der Waals surface area (Å²) >= 11 is 1.43. The van der Waals surface area contributed by atoms with Crippen LogP contribution in [-0.2, 0) is 0 Å². The van der Waals surface area contributed by atoms with Gasteiger partial charge >= 0.3 is 6.18 Å². The zero-order valence-corrected chi connectivity index (χ0v) is 11.8. The second kappa shape index (κ2) is 6.57. The Kier molecular flexibility index (Phi) is 4.79. The summed E-state index contributed by atoms with van der Waals surface area (Å²) in [6.07, 6.45) is -2.79. The van der Waals surface area contributed by atoms with Crippen molar-refractivity contribution in [2.24, 2.45) is 5.10 Å². The van der Waals surface area contributed by atoms with Gasteiger partial charge in [0, 0.05) is 5.38 Å². The first-order valence-electron chi connectivity index (χ1n) is 5.93.